The maximum Gasteiger partial charge on any atom is 0.295 e. The summed E-state index contributed by atoms with van der Waals surface area (Å²) in [6.07, 6.45) is 1.46. The van der Waals surface area contributed by atoms with Gasteiger partial charge in [-0.15, -0.1) is 0 Å². The van der Waals surface area contributed by atoms with Gasteiger partial charge in [-0.1, -0.05) is 43.2 Å². The molecule has 152 valence electrons. The zero-order chi connectivity index (χ0) is 21.1. The Morgan fingerprint density at radius 1 is 1.21 bits per heavy atom. The van der Waals surface area contributed by atoms with Crippen molar-refractivity contribution in [2.45, 2.75) is 32.7 Å². The van der Waals surface area contributed by atoms with Crippen molar-refractivity contribution < 1.29 is 23.8 Å². The number of likely N-dealkylation sites (tertiary alicyclic amines) is 1. The number of aliphatic hydroxyl groups excluding tert-OH is 1. The summed E-state index contributed by atoms with van der Waals surface area (Å²) in [5, 5.41) is 11.1. The van der Waals surface area contributed by atoms with E-state index < -0.39 is 23.5 Å². The zero-order valence-electron chi connectivity index (χ0n) is 16.7. The highest BCUT2D eigenvalue weighted by atomic mass is 19.1. The van der Waals surface area contributed by atoms with Crippen molar-refractivity contribution in [2.75, 3.05) is 13.7 Å². The van der Waals surface area contributed by atoms with Crippen LogP contribution >= 0.6 is 0 Å². The van der Waals surface area contributed by atoms with E-state index in [1.54, 1.807) is 24.3 Å². The van der Waals surface area contributed by atoms with Crippen LogP contribution in [0.3, 0.4) is 0 Å². The molecule has 0 radical (unpaired) electrons. The fourth-order valence-corrected chi connectivity index (χ4v) is 3.61. The Kier molecular flexibility index (Phi) is 6.01. The summed E-state index contributed by atoms with van der Waals surface area (Å²) in [7, 11) is 1.45. The van der Waals surface area contributed by atoms with Crippen molar-refractivity contribution in [1.82, 2.24) is 4.90 Å². The van der Waals surface area contributed by atoms with Gasteiger partial charge in [0.15, 0.2) is 0 Å². The Morgan fingerprint density at radius 2 is 1.93 bits per heavy atom. The first kappa shape index (κ1) is 20.6. The second-order valence-corrected chi connectivity index (χ2v) is 7.07. The number of methoxy groups -OCH3 is 1. The maximum atomic E-state index is 14.7. The Hall–Kier alpha value is -3.15. The lowest BCUT2D eigenvalue weighted by Gasteiger charge is -2.25. The summed E-state index contributed by atoms with van der Waals surface area (Å²) >= 11 is 0. The van der Waals surface area contributed by atoms with Crippen LogP contribution in [0.4, 0.5) is 4.39 Å². The number of ether oxygens (including phenoxy) is 1. The lowest BCUT2D eigenvalue weighted by molar-refractivity contribution is -0.139. The Morgan fingerprint density at radius 3 is 2.59 bits per heavy atom. The molecule has 0 aliphatic carbocycles. The number of aryl methyl sites for hydroxylation is 1. The van der Waals surface area contributed by atoms with Gasteiger partial charge in [-0.3, -0.25) is 9.59 Å². The molecule has 1 aliphatic rings. The third-order valence-electron chi connectivity index (χ3n) is 5.10. The van der Waals surface area contributed by atoms with Crippen LogP contribution in [-0.2, 0) is 9.59 Å². The van der Waals surface area contributed by atoms with Crippen LogP contribution in [0, 0.1) is 12.7 Å². The fourth-order valence-electron chi connectivity index (χ4n) is 3.61. The average Bonchev–Trinajstić information content (AvgIpc) is 2.96. The molecule has 2 aromatic rings. The first-order valence-electron chi connectivity index (χ1n) is 9.58. The average molecular weight is 397 g/mol. The quantitative estimate of drug-likeness (QED) is 0.447. The van der Waals surface area contributed by atoms with E-state index in [1.165, 1.54) is 24.1 Å². The predicted octanol–water partition coefficient (Wildman–Crippen LogP) is 4.36. The molecule has 5 nitrogen and oxygen atoms in total. The molecule has 0 aromatic heterocycles. The molecule has 6 heteroatoms. The van der Waals surface area contributed by atoms with E-state index in [0.29, 0.717) is 24.3 Å². The Bertz CT molecular complexity index is 983. The first-order chi connectivity index (χ1) is 13.9. The molecule has 1 heterocycles. The van der Waals surface area contributed by atoms with E-state index in [1.807, 2.05) is 19.9 Å². The smallest absolute Gasteiger partial charge is 0.295 e. The summed E-state index contributed by atoms with van der Waals surface area (Å²) in [6, 6.07) is 10.2. The molecule has 1 amide bonds. The van der Waals surface area contributed by atoms with Gasteiger partial charge in [-0.05, 0) is 31.5 Å². The third kappa shape index (κ3) is 3.75. The van der Waals surface area contributed by atoms with Crippen LogP contribution in [-0.4, -0.2) is 35.4 Å². The molecule has 1 saturated heterocycles. The van der Waals surface area contributed by atoms with E-state index in [0.717, 1.165) is 12.0 Å². The van der Waals surface area contributed by atoms with Gasteiger partial charge in [0.05, 0.1) is 24.3 Å². The maximum absolute atomic E-state index is 14.7. The van der Waals surface area contributed by atoms with Gasteiger partial charge >= 0.3 is 0 Å². The van der Waals surface area contributed by atoms with E-state index in [9.17, 15) is 19.1 Å². The number of halogens is 1. The zero-order valence-corrected chi connectivity index (χ0v) is 16.7. The van der Waals surface area contributed by atoms with Gasteiger partial charge in [0.1, 0.15) is 17.3 Å². The molecule has 2 aromatic carbocycles. The molecule has 1 aliphatic heterocycles. The highest BCUT2D eigenvalue weighted by Gasteiger charge is 2.46. The Balaban J connectivity index is 2.25. The first-order valence-corrected chi connectivity index (χ1v) is 9.58. The van der Waals surface area contributed by atoms with E-state index in [-0.39, 0.29) is 16.9 Å². The lowest BCUT2D eigenvalue weighted by Crippen LogP contribution is -2.31. The van der Waals surface area contributed by atoms with Gasteiger partial charge in [0, 0.05) is 12.1 Å². The minimum absolute atomic E-state index is 0.125. The number of Topliss-reactive ketones (excluding diaryl/α,β-unsaturated/α-hetero) is 1. The SMILES string of the molecule is CCCCN1C(=O)C(=O)/C(=C(/O)c2cc(C)ccc2OC)C1c1ccccc1F. The number of hydrogen-bond acceptors (Lipinski definition) is 4. The lowest BCUT2D eigenvalue weighted by atomic mass is 9.94. The van der Waals surface area contributed by atoms with Crippen molar-refractivity contribution in [3.63, 3.8) is 0 Å². The number of hydrogen-bond donors (Lipinski definition) is 1. The minimum Gasteiger partial charge on any atom is -0.507 e. The summed E-state index contributed by atoms with van der Waals surface area (Å²) in [5.74, 6) is -2.10. The summed E-state index contributed by atoms with van der Waals surface area (Å²) in [5.41, 5.74) is 1.19. The molecule has 0 saturated carbocycles. The number of benzene rings is 2. The van der Waals surface area contributed by atoms with Crippen molar-refractivity contribution in [1.29, 1.82) is 0 Å². The second kappa shape index (κ2) is 8.47. The summed E-state index contributed by atoms with van der Waals surface area (Å²) in [4.78, 5) is 27.0. The number of carbonyl (C=O) groups is 2. The molecular formula is C23H24FNO4. The highest BCUT2D eigenvalue weighted by molar-refractivity contribution is 6.46. The van der Waals surface area contributed by atoms with E-state index in [4.69, 9.17) is 4.74 Å². The van der Waals surface area contributed by atoms with Crippen molar-refractivity contribution >= 4 is 17.4 Å². The van der Waals surface area contributed by atoms with Crippen LogP contribution < -0.4 is 4.74 Å². The van der Waals surface area contributed by atoms with Crippen LogP contribution in [0.15, 0.2) is 48.0 Å². The second-order valence-electron chi connectivity index (χ2n) is 7.07. The van der Waals surface area contributed by atoms with Crippen molar-refractivity contribution in [2.24, 2.45) is 0 Å². The normalized spacial score (nSPS) is 18.3. The van der Waals surface area contributed by atoms with Gasteiger partial charge < -0.3 is 14.7 Å². The van der Waals surface area contributed by atoms with Gasteiger partial charge in [0.25, 0.3) is 11.7 Å². The van der Waals surface area contributed by atoms with Crippen molar-refractivity contribution in [3.8, 4) is 5.75 Å². The third-order valence-corrected chi connectivity index (χ3v) is 5.10. The molecule has 0 spiro atoms. The molecule has 1 unspecified atom stereocenters. The van der Waals surface area contributed by atoms with E-state index >= 15 is 0 Å². The number of nitrogens with zero attached hydrogens (tertiary/aromatic N) is 1. The fraction of sp³-hybridized carbons (Fsp3) is 0.304. The number of carbonyl (C=O) groups excluding carboxylic acids is 2. The number of rotatable bonds is 6. The van der Waals surface area contributed by atoms with E-state index in [2.05, 4.69) is 0 Å². The van der Waals surface area contributed by atoms with Crippen molar-refractivity contribution in [3.05, 3.63) is 70.5 Å². The van der Waals surface area contributed by atoms with Gasteiger partial charge in [-0.25, -0.2) is 4.39 Å². The minimum atomic E-state index is -0.993. The molecule has 1 N–H and O–H groups in total. The van der Waals surface area contributed by atoms with Crippen LogP contribution in [0.1, 0.15) is 42.5 Å². The number of amides is 1. The Labute approximate surface area is 169 Å². The predicted molar refractivity (Wildman–Crippen MR) is 108 cm³/mol. The molecule has 1 atom stereocenters. The topological polar surface area (TPSA) is 66.8 Å². The highest BCUT2D eigenvalue weighted by Crippen LogP contribution is 2.41. The molecule has 3 rings (SSSR count). The molecule has 29 heavy (non-hydrogen) atoms. The standard InChI is InChI=1S/C23H24FNO4/c1-4-5-12-25-20(15-8-6-7-9-17(15)24)19(22(27)23(25)28)21(26)16-13-14(2)10-11-18(16)29-3/h6-11,13,20,26H,4-5,12H2,1-3H3/b21-19+. The monoisotopic (exact) mass is 397 g/mol. The molecule has 1 fully saturated rings. The number of unbranched alkanes of at least 4 members (excludes halogenated alkanes) is 1. The molecular weight excluding hydrogens is 373 g/mol. The number of ketones is 1. The van der Waals surface area contributed by atoms with Gasteiger partial charge in [-0.2, -0.15) is 0 Å². The summed E-state index contributed by atoms with van der Waals surface area (Å²) < 4.78 is 20.0. The number of aliphatic hydroxyl groups is 1. The van der Waals surface area contributed by atoms with Gasteiger partial charge in [0.2, 0.25) is 0 Å². The molecule has 0 bridgehead atoms. The summed E-state index contributed by atoms with van der Waals surface area (Å²) in [6.45, 7) is 4.10. The largest absolute Gasteiger partial charge is 0.507 e. The van der Waals surface area contributed by atoms with Crippen LogP contribution in [0.5, 0.6) is 5.75 Å². The van der Waals surface area contributed by atoms with Crippen LogP contribution in [0.25, 0.3) is 5.76 Å². The van der Waals surface area contributed by atoms with Crippen LogP contribution in [0.2, 0.25) is 0 Å².